The predicted molar refractivity (Wildman–Crippen MR) is 110 cm³/mol. The number of benzene rings is 2. The van der Waals surface area contributed by atoms with Gasteiger partial charge in [0.15, 0.2) is 5.13 Å². The van der Waals surface area contributed by atoms with Gasteiger partial charge in [0.25, 0.3) is 5.91 Å². The van der Waals surface area contributed by atoms with Gasteiger partial charge in [-0.2, -0.15) is 0 Å². The van der Waals surface area contributed by atoms with E-state index in [2.05, 4.69) is 4.98 Å². The summed E-state index contributed by atoms with van der Waals surface area (Å²) in [5.41, 5.74) is 2.35. The van der Waals surface area contributed by atoms with Gasteiger partial charge in [-0.05, 0) is 42.5 Å². The van der Waals surface area contributed by atoms with Crippen molar-refractivity contribution in [2.75, 3.05) is 51.1 Å². The Morgan fingerprint density at radius 3 is 2.48 bits per heavy atom. The third-order valence-electron chi connectivity index (χ3n) is 4.28. The van der Waals surface area contributed by atoms with Gasteiger partial charge in [-0.1, -0.05) is 11.3 Å². The summed E-state index contributed by atoms with van der Waals surface area (Å²) < 4.78 is 14.3. The number of likely N-dealkylation sites (N-methyl/N-ethyl adjacent to an activating group) is 1. The van der Waals surface area contributed by atoms with E-state index in [0.29, 0.717) is 22.8 Å². The molecule has 2 aromatic carbocycles. The van der Waals surface area contributed by atoms with E-state index in [1.807, 2.05) is 57.4 Å². The van der Waals surface area contributed by atoms with Crippen LogP contribution in [0.2, 0.25) is 0 Å². The van der Waals surface area contributed by atoms with Gasteiger partial charge in [-0.25, -0.2) is 9.37 Å². The molecule has 0 fully saturated rings. The molecule has 142 valence electrons. The van der Waals surface area contributed by atoms with Crippen LogP contribution in [-0.4, -0.2) is 52.2 Å². The van der Waals surface area contributed by atoms with Crippen LogP contribution in [0.5, 0.6) is 0 Å². The molecule has 3 rings (SSSR count). The van der Waals surface area contributed by atoms with Gasteiger partial charge < -0.3 is 9.80 Å². The first-order valence-corrected chi connectivity index (χ1v) is 9.61. The van der Waals surface area contributed by atoms with E-state index in [1.165, 1.54) is 28.4 Å². The maximum atomic E-state index is 13.5. The summed E-state index contributed by atoms with van der Waals surface area (Å²) in [4.78, 5) is 22.7. The molecule has 0 saturated carbocycles. The van der Waals surface area contributed by atoms with E-state index in [-0.39, 0.29) is 11.7 Å². The van der Waals surface area contributed by atoms with Crippen molar-refractivity contribution in [1.29, 1.82) is 0 Å². The lowest BCUT2D eigenvalue weighted by Crippen LogP contribution is -3.06. The molecule has 1 amide bonds. The predicted octanol–water partition coefficient (Wildman–Crippen LogP) is 2.29. The molecule has 0 bridgehead atoms. The van der Waals surface area contributed by atoms with Crippen LogP contribution in [0.3, 0.4) is 0 Å². The standard InChI is InChI=1S/C20H23FN4OS/c1-23(2)11-12-25(19(26)14-5-8-16(9-6-14)24(3)4)20-22-17-10-7-15(21)13-18(17)27-20/h5-10,13H,11-12H2,1-4H3/p+1. The fourth-order valence-corrected chi connectivity index (χ4v) is 3.69. The number of thiazole rings is 1. The number of quaternary nitrogens is 1. The number of nitrogens with one attached hydrogen (secondary N) is 1. The SMILES string of the molecule is CN(C)c1ccc(C(=O)N(CC[NH+](C)C)c2nc3ccc(F)cc3s2)cc1. The fourth-order valence-electron chi connectivity index (χ4n) is 2.68. The van der Waals surface area contributed by atoms with Crippen LogP contribution in [0.25, 0.3) is 10.2 Å². The average molecular weight is 388 g/mol. The van der Waals surface area contributed by atoms with Gasteiger partial charge in [-0.3, -0.25) is 9.69 Å². The second-order valence-corrected chi connectivity index (χ2v) is 7.97. The van der Waals surface area contributed by atoms with Crippen LogP contribution < -0.4 is 14.7 Å². The van der Waals surface area contributed by atoms with E-state index in [4.69, 9.17) is 0 Å². The van der Waals surface area contributed by atoms with Crippen molar-refractivity contribution in [3.63, 3.8) is 0 Å². The minimum atomic E-state index is -0.299. The highest BCUT2D eigenvalue weighted by atomic mass is 32.1. The Morgan fingerprint density at radius 1 is 1.15 bits per heavy atom. The summed E-state index contributed by atoms with van der Waals surface area (Å²) in [6.07, 6.45) is 0. The summed E-state index contributed by atoms with van der Waals surface area (Å²) in [7, 11) is 8.01. The first kappa shape index (κ1) is 19.3. The second kappa shape index (κ2) is 8.02. The molecule has 1 N–H and O–H groups in total. The lowest BCUT2D eigenvalue weighted by molar-refractivity contribution is -0.856. The molecule has 0 spiro atoms. The molecule has 0 aliphatic rings. The molecule has 5 nitrogen and oxygen atoms in total. The Kier molecular flexibility index (Phi) is 5.72. The van der Waals surface area contributed by atoms with E-state index < -0.39 is 0 Å². The summed E-state index contributed by atoms with van der Waals surface area (Å²) in [5.74, 6) is -0.395. The number of carbonyl (C=O) groups excluding carboxylic acids is 1. The van der Waals surface area contributed by atoms with Gasteiger partial charge in [0.2, 0.25) is 0 Å². The number of halogens is 1. The van der Waals surface area contributed by atoms with Crippen LogP contribution >= 0.6 is 11.3 Å². The minimum Gasteiger partial charge on any atom is -0.378 e. The summed E-state index contributed by atoms with van der Waals surface area (Å²) >= 11 is 1.34. The van der Waals surface area contributed by atoms with Crippen molar-refractivity contribution in [3.05, 3.63) is 53.8 Å². The number of carbonyl (C=O) groups is 1. The van der Waals surface area contributed by atoms with Crippen LogP contribution in [0.4, 0.5) is 15.2 Å². The fraction of sp³-hybridized carbons (Fsp3) is 0.300. The molecule has 3 aromatic rings. The monoisotopic (exact) mass is 387 g/mol. The number of hydrogen-bond donors (Lipinski definition) is 1. The molecule has 1 heterocycles. The van der Waals surface area contributed by atoms with Crippen LogP contribution in [0, 0.1) is 5.82 Å². The zero-order valence-corrected chi connectivity index (χ0v) is 16.8. The first-order chi connectivity index (χ1) is 12.8. The van der Waals surface area contributed by atoms with E-state index >= 15 is 0 Å². The number of hydrogen-bond acceptors (Lipinski definition) is 4. The van der Waals surface area contributed by atoms with Gasteiger partial charge >= 0.3 is 0 Å². The number of amides is 1. The molecule has 1 aromatic heterocycles. The largest absolute Gasteiger partial charge is 0.378 e. The number of fused-ring (bicyclic) bond motifs is 1. The quantitative estimate of drug-likeness (QED) is 0.706. The van der Waals surface area contributed by atoms with Gasteiger partial charge in [0.05, 0.1) is 37.4 Å². The van der Waals surface area contributed by atoms with Crippen molar-refractivity contribution in [2.24, 2.45) is 0 Å². The van der Waals surface area contributed by atoms with Crippen molar-refractivity contribution in [1.82, 2.24) is 4.98 Å². The molecule has 0 atom stereocenters. The Morgan fingerprint density at radius 2 is 1.85 bits per heavy atom. The first-order valence-electron chi connectivity index (χ1n) is 8.79. The molecular weight excluding hydrogens is 363 g/mol. The maximum Gasteiger partial charge on any atom is 0.260 e. The van der Waals surface area contributed by atoms with Crippen molar-refractivity contribution >= 4 is 38.3 Å². The van der Waals surface area contributed by atoms with Gasteiger partial charge in [0, 0.05) is 25.3 Å². The zero-order chi connectivity index (χ0) is 19.6. The van der Waals surface area contributed by atoms with Gasteiger partial charge in [-0.15, -0.1) is 0 Å². The summed E-state index contributed by atoms with van der Waals surface area (Å²) in [5, 5.41) is 0.596. The third-order valence-corrected chi connectivity index (χ3v) is 5.32. The van der Waals surface area contributed by atoms with Gasteiger partial charge in [0.1, 0.15) is 5.82 Å². The molecule has 0 saturated heterocycles. The topological polar surface area (TPSA) is 40.9 Å². The minimum absolute atomic E-state index is 0.0962. The molecule has 0 unspecified atom stereocenters. The molecule has 0 aliphatic heterocycles. The Labute approximate surface area is 162 Å². The lowest BCUT2D eigenvalue weighted by Gasteiger charge is -2.21. The number of aromatic nitrogens is 1. The van der Waals surface area contributed by atoms with E-state index in [1.54, 1.807) is 11.0 Å². The Balaban J connectivity index is 1.94. The molecule has 27 heavy (non-hydrogen) atoms. The molecular formula is C20H24FN4OS+. The zero-order valence-electron chi connectivity index (χ0n) is 16.0. The Hall–Kier alpha value is -2.51. The highest BCUT2D eigenvalue weighted by Crippen LogP contribution is 2.30. The van der Waals surface area contributed by atoms with Crippen molar-refractivity contribution in [3.8, 4) is 0 Å². The second-order valence-electron chi connectivity index (χ2n) is 6.96. The van der Waals surface area contributed by atoms with Crippen LogP contribution in [-0.2, 0) is 0 Å². The Bertz CT molecular complexity index is 937. The van der Waals surface area contributed by atoms with E-state index in [0.717, 1.165) is 16.9 Å². The molecule has 7 heteroatoms. The maximum absolute atomic E-state index is 13.5. The normalized spacial score (nSPS) is 11.2. The van der Waals surface area contributed by atoms with Crippen LogP contribution in [0.1, 0.15) is 10.4 Å². The van der Waals surface area contributed by atoms with Crippen molar-refractivity contribution in [2.45, 2.75) is 0 Å². The van der Waals surface area contributed by atoms with Crippen LogP contribution in [0.15, 0.2) is 42.5 Å². The highest BCUT2D eigenvalue weighted by molar-refractivity contribution is 7.22. The smallest absolute Gasteiger partial charge is 0.260 e. The van der Waals surface area contributed by atoms with E-state index in [9.17, 15) is 9.18 Å². The highest BCUT2D eigenvalue weighted by Gasteiger charge is 2.22. The molecule has 0 radical (unpaired) electrons. The lowest BCUT2D eigenvalue weighted by atomic mass is 10.1. The summed E-state index contributed by atoms with van der Waals surface area (Å²) in [6.45, 7) is 1.32. The average Bonchev–Trinajstić information content (AvgIpc) is 3.04. The number of nitrogens with zero attached hydrogens (tertiary/aromatic N) is 3. The number of rotatable bonds is 6. The summed E-state index contributed by atoms with van der Waals surface area (Å²) in [6, 6.07) is 12.0. The third kappa shape index (κ3) is 4.43. The molecule has 0 aliphatic carbocycles. The number of anilines is 2. The van der Waals surface area contributed by atoms with Crippen molar-refractivity contribution < 1.29 is 14.1 Å².